The Morgan fingerprint density at radius 2 is 1.90 bits per heavy atom. The van der Waals surface area contributed by atoms with Crippen LogP contribution in [-0.2, 0) is 24.4 Å². The summed E-state index contributed by atoms with van der Waals surface area (Å²) in [6, 6.07) is 12.5. The summed E-state index contributed by atoms with van der Waals surface area (Å²) in [7, 11) is -3.66. The lowest BCUT2D eigenvalue weighted by Gasteiger charge is -2.26. The van der Waals surface area contributed by atoms with Crippen molar-refractivity contribution in [3.63, 3.8) is 0 Å². The van der Waals surface area contributed by atoms with E-state index in [-0.39, 0.29) is 11.5 Å². The number of morpholine rings is 1. The normalized spacial score (nSPS) is 15.3. The van der Waals surface area contributed by atoms with Crippen LogP contribution in [0.15, 0.2) is 52.5 Å². The number of sulfonamides is 1. The monoisotopic (exact) mass is 431 g/mol. The number of ether oxygens (including phenoxy) is 1. The minimum Gasteiger partial charge on any atom is -0.386 e. The Morgan fingerprint density at radius 3 is 2.63 bits per heavy atom. The summed E-state index contributed by atoms with van der Waals surface area (Å²) in [5, 5.41) is 6.47. The molecule has 0 bridgehead atoms. The summed E-state index contributed by atoms with van der Waals surface area (Å²) in [5.74, 6) is -0.435. The predicted octanol–water partition coefficient (Wildman–Crippen LogP) is 2.31. The molecular formula is C21H25N3O5S. The Morgan fingerprint density at radius 1 is 1.17 bits per heavy atom. The maximum atomic E-state index is 12.9. The topological polar surface area (TPSA) is 97.3 Å². The molecule has 8 nitrogen and oxygen atoms in total. The second-order valence-corrected chi connectivity index (χ2v) is 8.82. The maximum absolute atomic E-state index is 12.9. The lowest BCUT2D eigenvalue weighted by molar-refractivity contribution is -0.120. The standard InChI is InChI=1S/C21H25N3O5S/c1-16-5-3-4-6-18(16)14-22-29-15-21(25)23-19-8-7-17(2)20(13-19)30(26,27)24-9-11-28-12-10-24/h3-8,13-14H,9-12,15H2,1-2H3,(H,23,25)/b22-14+. The molecule has 0 spiro atoms. The first-order valence-electron chi connectivity index (χ1n) is 9.57. The number of rotatable bonds is 7. The molecule has 1 saturated heterocycles. The first kappa shape index (κ1) is 21.9. The molecule has 30 heavy (non-hydrogen) atoms. The second kappa shape index (κ2) is 9.84. The van der Waals surface area contributed by atoms with E-state index in [9.17, 15) is 13.2 Å². The van der Waals surface area contributed by atoms with Gasteiger partial charge in [0.1, 0.15) is 0 Å². The molecule has 0 aliphatic carbocycles. The number of carbonyl (C=O) groups excluding carboxylic acids is 1. The third kappa shape index (κ3) is 5.44. The number of oxime groups is 1. The van der Waals surface area contributed by atoms with E-state index < -0.39 is 15.9 Å². The van der Waals surface area contributed by atoms with Crippen LogP contribution in [0.4, 0.5) is 5.69 Å². The average Bonchev–Trinajstić information content (AvgIpc) is 2.74. The van der Waals surface area contributed by atoms with E-state index in [4.69, 9.17) is 9.57 Å². The molecule has 1 heterocycles. The minimum atomic E-state index is -3.66. The van der Waals surface area contributed by atoms with Crippen molar-refractivity contribution < 1.29 is 22.8 Å². The molecule has 9 heteroatoms. The number of benzene rings is 2. The van der Waals surface area contributed by atoms with Crippen molar-refractivity contribution in [1.29, 1.82) is 0 Å². The molecule has 160 valence electrons. The molecule has 1 amide bonds. The fourth-order valence-electron chi connectivity index (χ4n) is 3.00. The first-order chi connectivity index (χ1) is 14.4. The average molecular weight is 432 g/mol. The number of amides is 1. The van der Waals surface area contributed by atoms with Crippen molar-refractivity contribution in [1.82, 2.24) is 4.31 Å². The van der Waals surface area contributed by atoms with Gasteiger partial charge < -0.3 is 14.9 Å². The van der Waals surface area contributed by atoms with Gasteiger partial charge in [0.2, 0.25) is 10.0 Å². The molecule has 1 fully saturated rings. The number of aryl methyl sites for hydroxylation is 2. The van der Waals surface area contributed by atoms with Gasteiger partial charge in [-0.2, -0.15) is 4.31 Å². The van der Waals surface area contributed by atoms with Gasteiger partial charge in [0, 0.05) is 18.8 Å². The number of hydrogen-bond donors (Lipinski definition) is 1. The molecule has 1 aliphatic heterocycles. The highest BCUT2D eigenvalue weighted by atomic mass is 32.2. The summed E-state index contributed by atoms with van der Waals surface area (Å²) >= 11 is 0. The number of anilines is 1. The predicted molar refractivity (Wildman–Crippen MR) is 114 cm³/mol. The molecule has 0 saturated carbocycles. The van der Waals surface area contributed by atoms with E-state index >= 15 is 0 Å². The highest BCUT2D eigenvalue weighted by Gasteiger charge is 2.28. The van der Waals surface area contributed by atoms with Crippen LogP contribution in [-0.4, -0.2) is 57.8 Å². The van der Waals surface area contributed by atoms with Crippen molar-refractivity contribution >= 4 is 27.8 Å². The van der Waals surface area contributed by atoms with Crippen LogP contribution in [0.2, 0.25) is 0 Å². The summed E-state index contributed by atoms with van der Waals surface area (Å²) in [4.78, 5) is 17.4. The van der Waals surface area contributed by atoms with Gasteiger partial charge in [-0.3, -0.25) is 4.79 Å². The van der Waals surface area contributed by atoms with Crippen LogP contribution in [0, 0.1) is 13.8 Å². The largest absolute Gasteiger partial charge is 0.386 e. The first-order valence-corrected chi connectivity index (χ1v) is 11.0. The number of nitrogens with zero attached hydrogens (tertiary/aromatic N) is 2. The molecule has 0 unspecified atom stereocenters. The number of nitrogens with one attached hydrogen (secondary N) is 1. The van der Waals surface area contributed by atoms with Crippen LogP contribution in [0.25, 0.3) is 0 Å². The fourth-order valence-corrected chi connectivity index (χ4v) is 4.66. The van der Waals surface area contributed by atoms with Gasteiger partial charge in [-0.05, 0) is 42.7 Å². The molecule has 2 aromatic rings. The van der Waals surface area contributed by atoms with Crippen molar-refractivity contribution in [2.75, 3.05) is 38.2 Å². The summed E-state index contributed by atoms with van der Waals surface area (Å²) < 4.78 is 32.5. The third-order valence-corrected chi connectivity index (χ3v) is 6.75. The molecule has 0 radical (unpaired) electrons. The minimum absolute atomic E-state index is 0.167. The smallest absolute Gasteiger partial charge is 0.265 e. The Kier molecular flexibility index (Phi) is 7.20. The molecular weight excluding hydrogens is 406 g/mol. The fraction of sp³-hybridized carbons (Fsp3) is 0.333. The van der Waals surface area contributed by atoms with Gasteiger partial charge >= 0.3 is 0 Å². The molecule has 2 aromatic carbocycles. The van der Waals surface area contributed by atoms with Crippen LogP contribution in [0.5, 0.6) is 0 Å². The van der Waals surface area contributed by atoms with Crippen LogP contribution in [0.1, 0.15) is 16.7 Å². The van der Waals surface area contributed by atoms with Crippen molar-refractivity contribution in [3.8, 4) is 0 Å². The number of carbonyl (C=O) groups is 1. The Bertz CT molecular complexity index is 1030. The highest BCUT2D eigenvalue weighted by molar-refractivity contribution is 7.89. The van der Waals surface area contributed by atoms with Gasteiger partial charge in [0.05, 0.1) is 24.3 Å². The van der Waals surface area contributed by atoms with Crippen molar-refractivity contribution in [3.05, 3.63) is 59.2 Å². The van der Waals surface area contributed by atoms with Crippen molar-refractivity contribution in [2.45, 2.75) is 18.7 Å². The molecule has 0 atom stereocenters. The highest BCUT2D eigenvalue weighted by Crippen LogP contribution is 2.24. The van der Waals surface area contributed by atoms with Crippen LogP contribution < -0.4 is 5.32 Å². The second-order valence-electron chi connectivity index (χ2n) is 6.91. The van der Waals surface area contributed by atoms with Gasteiger partial charge in [-0.1, -0.05) is 35.5 Å². The van der Waals surface area contributed by atoms with Crippen LogP contribution >= 0.6 is 0 Å². The van der Waals surface area contributed by atoms with Gasteiger partial charge in [-0.15, -0.1) is 0 Å². The van der Waals surface area contributed by atoms with Gasteiger partial charge in [0.15, 0.2) is 6.61 Å². The number of hydrogen-bond acceptors (Lipinski definition) is 6. The maximum Gasteiger partial charge on any atom is 0.265 e. The van der Waals surface area contributed by atoms with E-state index in [0.29, 0.717) is 37.6 Å². The van der Waals surface area contributed by atoms with E-state index in [1.54, 1.807) is 25.3 Å². The molecule has 3 rings (SSSR count). The van der Waals surface area contributed by atoms with E-state index in [2.05, 4.69) is 10.5 Å². The molecule has 0 aromatic heterocycles. The van der Waals surface area contributed by atoms with Crippen molar-refractivity contribution in [2.24, 2.45) is 5.16 Å². The van der Waals surface area contributed by atoms with Gasteiger partial charge in [-0.25, -0.2) is 8.42 Å². The molecule has 1 aliphatic rings. The quantitative estimate of drug-likeness (QED) is 0.536. The lowest BCUT2D eigenvalue weighted by Crippen LogP contribution is -2.40. The van der Waals surface area contributed by atoms with E-state index in [1.807, 2.05) is 31.2 Å². The van der Waals surface area contributed by atoms with Gasteiger partial charge in [0.25, 0.3) is 5.91 Å². The summed E-state index contributed by atoms with van der Waals surface area (Å²) in [6.45, 7) is 4.75. The zero-order valence-corrected chi connectivity index (χ0v) is 17.8. The zero-order chi connectivity index (χ0) is 21.6. The molecule has 1 N–H and O–H groups in total. The SMILES string of the molecule is Cc1ccccc1/C=N/OCC(=O)Nc1ccc(C)c(S(=O)(=O)N2CCOCC2)c1. The Hall–Kier alpha value is -2.75. The van der Waals surface area contributed by atoms with E-state index in [0.717, 1.165) is 11.1 Å². The summed E-state index contributed by atoms with van der Waals surface area (Å²) in [5.41, 5.74) is 2.93. The summed E-state index contributed by atoms with van der Waals surface area (Å²) in [6.07, 6.45) is 1.54. The van der Waals surface area contributed by atoms with E-state index in [1.165, 1.54) is 10.4 Å². The Balaban J connectivity index is 1.62. The van der Waals surface area contributed by atoms with Crippen LogP contribution in [0.3, 0.4) is 0 Å². The zero-order valence-electron chi connectivity index (χ0n) is 17.0. The Labute approximate surface area is 176 Å². The third-order valence-electron chi connectivity index (χ3n) is 4.71. The lowest BCUT2D eigenvalue weighted by atomic mass is 10.1.